The maximum absolute atomic E-state index is 2.19. The molecule has 0 aromatic heterocycles. The monoisotopic (exact) mass is 137 g/mol. The summed E-state index contributed by atoms with van der Waals surface area (Å²) in [6, 6.07) is 1.39. The van der Waals surface area contributed by atoms with Crippen LogP contribution in [-0.4, -0.2) is 41.8 Å². The van der Waals surface area contributed by atoms with Crippen molar-refractivity contribution in [1.82, 2.24) is 4.90 Å². The van der Waals surface area contributed by atoms with Crippen molar-refractivity contribution >= 4 is 10.2 Å². The molecular formula is C5H19NOSi. The third kappa shape index (κ3) is 8640. The topological polar surface area (TPSA) is 34.7 Å². The van der Waals surface area contributed by atoms with Crippen molar-refractivity contribution in [3.05, 3.63) is 0 Å². The molecule has 0 aliphatic heterocycles. The zero-order chi connectivity index (χ0) is 6.28. The van der Waals surface area contributed by atoms with E-state index in [1.807, 2.05) is 26.0 Å². The van der Waals surface area contributed by atoms with Gasteiger partial charge in [-0.15, -0.1) is 0 Å². The van der Waals surface area contributed by atoms with E-state index in [2.05, 4.69) is 6.92 Å². The van der Waals surface area contributed by atoms with Gasteiger partial charge in [-0.3, -0.25) is 0 Å². The van der Waals surface area contributed by atoms with Gasteiger partial charge in [0.2, 0.25) is 0 Å². The van der Waals surface area contributed by atoms with E-state index in [1.54, 1.807) is 0 Å². The van der Waals surface area contributed by atoms with Gasteiger partial charge in [0.05, 0.1) is 0 Å². The van der Waals surface area contributed by atoms with E-state index in [0.29, 0.717) is 0 Å². The molecular weight excluding hydrogens is 118 g/mol. The van der Waals surface area contributed by atoms with Crippen LogP contribution in [0.15, 0.2) is 0 Å². The molecule has 0 aliphatic rings. The number of nitrogens with zero attached hydrogens (tertiary/aromatic N) is 1. The van der Waals surface area contributed by atoms with Crippen LogP contribution in [-0.2, 0) is 0 Å². The molecule has 0 aromatic rings. The standard InChI is InChI=1S/C3H9N.C2H8Si.H2O/c1-4(2)3;1-2-3;/h1-3H3;2H2,1,3H3;1H2. The maximum Gasteiger partial charge on any atom is 0.00244 e. The Bertz CT molecular complexity index is 23.6. The Labute approximate surface area is 55.6 Å². The molecule has 54 valence electrons. The second kappa shape index (κ2) is 15.7. The van der Waals surface area contributed by atoms with E-state index in [0.717, 1.165) is 0 Å². The van der Waals surface area contributed by atoms with Crippen molar-refractivity contribution in [2.45, 2.75) is 13.0 Å². The van der Waals surface area contributed by atoms with E-state index < -0.39 is 0 Å². The molecule has 0 radical (unpaired) electrons. The van der Waals surface area contributed by atoms with Gasteiger partial charge in [0, 0.05) is 10.2 Å². The molecule has 3 heteroatoms. The van der Waals surface area contributed by atoms with Crippen LogP contribution in [0.2, 0.25) is 6.04 Å². The average molecular weight is 137 g/mol. The van der Waals surface area contributed by atoms with E-state index >= 15 is 0 Å². The smallest absolute Gasteiger partial charge is 0.00244 e. The summed E-state index contributed by atoms with van der Waals surface area (Å²) in [6.45, 7) is 2.19. The molecule has 0 atom stereocenters. The Morgan fingerprint density at radius 3 is 1.25 bits per heavy atom. The SMILES string of the molecule is CC[SiH3].CN(C)C.O. The van der Waals surface area contributed by atoms with Crippen LogP contribution >= 0.6 is 0 Å². The normalized spacial score (nSPS) is 7.12. The first kappa shape index (κ1) is 15.7. The molecule has 0 bridgehead atoms. The quantitative estimate of drug-likeness (QED) is 0.400. The molecule has 8 heavy (non-hydrogen) atoms. The molecule has 0 saturated heterocycles. The minimum absolute atomic E-state index is 0. The first-order valence-electron chi connectivity index (χ1n) is 2.76. The van der Waals surface area contributed by atoms with Gasteiger partial charge in [0.15, 0.2) is 0 Å². The second-order valence-corrected chi connectivity index (χ2v) is 3.46. The predicted molar refractivity (Wildman–Crippen MR) is 43.6 cm³/mol. The predicted octanol–water partition coefficient (Wildman–Crippen LogP) is -0.857. The van der Waals surface area contributed by atoms with Crippen molar-refractivity contribution in [1.29, 1.82) is 0 Å². The Balaban J connectivity index is -0.0000000575. The Morgan fingerprint density at radius 1 is 1.25 bits per heavy atom. The minimum Gasteiger partial charge on any atom is -0.412 e. The fourth-order valence-electron chi connectivity index (χ4n) is 0. The molecule has 2 N–H and O–H groups in total. The summed E-state index contributed by atoms with van der Waals surface area (Å²) in [5.74, 6) is 0. The summed E-state index contributed by atoms with van der Waals surface area (Å²) in [7, 11) is 7.37. The number of hydrogen-bond acceptors (Lipinski definition) is 1. The molecule has 0 amide bonds. The maximum atomic E-state index is 2.19. The van der Waals surface area contributed by atoms with E-state index in [-0.39, 0.29) is 5.48 Å². The molecule has 0 spiro atoms. The van der Waals surface area contributed by atoms with Crippen LogP contribution in [0.4, 0.5) is 0 Å². The highest BCUT2D eigenvalue weighted by atomic mass is 28.1. The third-order valence-electron chi connectivity index (χ3n) is 0. The summed E-state index contributed by atoms with van der Waals surface area (Å²) in [5.41, 5.74) is 0. The largest absolute Gasteiger partial charge is 0.412 e. The summed E-state index contributed by atoms with van der Waals surface area (Å²) >= 11 is 0. The molecule has 0 aromatic carbocycles. The van der Waals surface area contributed by atoms with Gasteiger partial charge < -0.3 is 10.4 Å². The molecule has 0 aliphatic carbocycles. The average Bonchev–Trinajstić information content (AvgIpc) is 1.33. The van der Waals surface area contributed by atoms with Crippen LogP contribution in [0.3, 0.4) is 0 Å². The van der Waals surface area contributed by atoms with Crippen LogP contribution in [0.25, 0.3) is 0 Å². The highest BCUT2D eigenvalue weighted by molar-refractivity contribution is 6.08. The van der Waals surface area contributed by atoms with Gasteiger partial charge in [-0.2, -0.15) is 0 Å². The first-order valence-corrected chi connectivity index (χ1v) is 4.17. The molecule has 0 saturated carbocycles. The van der Waals surface area contributed by atoms with Crippen molar-refractivity contribution in [2.75, 3.05) is 21.1 Å². The lowest BCUT2D eigenvalue weighted by Crippen LogP contribution is -1.99. The van der Waals surface area contributed by atoms with Crippen LogP contribution < -0.4 is 0 Å². The van der Waals surface area contributed by atoms with Crippen molar-refractivity contribution in [3.8, 4) is 0 Å². The van der Waals surface area contributed by atoms with Crippen molar-refractivity contribution in [2.24, 2.45) is 0 Å². The minimum atomic E-state index is 0. The van der Waals surface area contributed by atoms with Crippen LogP contribution in [0, 0.1) is 0 Å². The van der Waals surface area contributed by atoms with E-state index in [1.165, 1.54) is 16.3 Å². The summed E-state index contributed by atoms with van der Waals surface area (Å²) in [4.78, 5) is 2.00. The molecule has 0 unspecified atom stereocenters. The highest BCUT2D eigenvalue weighted by Gasteiger charge is 1.58. The van der Waals surface area contributed by atoms with Crippen molar-refractivity contribution < 1.29 is 5.48 Å². The second-order valence-electron chi connectivity index (χ2n) is 2.05. The fourth-order valence-corrected chi connectivity index (χ4v) is 0. The van der Waals surface area contributed by atoms with E-state index in [4.69, 9.17) is 0 Å². The van der Waals surface area contributed by atoms with Gasteiger partial charge in [-0.25, -0.2) is 0 Å². The lowest BCUT2D eigenvalue weighted by atomic mass is 11.0. The summed E-state index contributed by atoms with van der Waals surface area (Å²) in [6.07, 6.45) is 0. The lowest BCUT2D eigenvalue weighted by Gasteiger charge is -1.90. The van der Waals surface area contributed by atoms with Crippen LogP contribution in [0.1, 0.15) is 6.92 Å². The fraction of sp³-hybridized carbons (Fsp3) is 1.00. The zero-order valence-corrected chi connectivity index (χ0v) is 8.65. The van der Waals surface area contributed by atoms with Gasteiger partial charge in [-0.05, 0) is 21.1 Å². The number of hydrogen-bond donors (Lipinski definition) is 0. The van der Waals surface area contributed by atoms with Gasteiger partial charge in [-0.1, -0.05) is 13.0 Å². The van der Waals surface area contributed by atoms with Crippen molar-refractivity contribution in [3.63, 3.8) is 0 Å². The Morgan fingerprint density at radius 2 is 1.25 bits per heavy atom. The third-order valence-corrected chi connectivity index (χ3v) is 0. The first-order chi connectivity index (χ1) is 3.15. The van der Waals surface area contributed by atoms with Gasteiger partial charge in [0.1, 0.15) is 0 Å². The van der Waals surface area contributed by atoms with Crippen LogP contribution in [0.5, 0.6) is 0 Å². The van der Waals surface area contributed by atoms with Gasteiger partial charge in [0.25, 0.3) is 0 Å². The molecule has 0 fully saturated rings. The van der Waals surface area contributed by atoms with E-state index in [9.17, 15) is 0 Å². The Hall–Kier alpha value is 0.137. The molecule has 0 heterocycles. The summed E-state index contributed by atoms with van der Waals surface area (Å²) in [5, 5.41) is 0. The van der Waals surface area contributed by atoms with Gasteiger partial charge >= 0.3 is 0 Å². The lowest BCUT2D eigenvalue weighted by molar-refractivity contribution is 0.505. The summed E-state index contributed by atoms with van der Waals surface area (Å²) < 4.78 is 0. The zero-order valence-electron chi connectivity index (χ0n) is 6.65. The Kier molecular flexibility index (Phi) is 30.8. The highest BCUT2D eigenvalue weighted by Crippen LogP contribution is 1.49. The molecule has 2 nitrogen and oxygen atoms in total. The number of rotatable bonds is 0. The molecule has 0 rings (SSSR count).